The fourth-order valence-electron chi connectivity index (χ4n) is 3.56. The van der Waals surface area contributed by atoms with Crippen LogP contribution in [0.4, 0.5) is 0 Å². The van der Waals surface area contributed by atoms with Crippen LogP contribution in [0.1, 0.15) is 42.5 Å². The number of ether oxygens (including phenoxy) is 2. The third-order valence-corrected chi connectivity index (χ3v) is 5.21. The molecule has 1 aromatic carbocycles. The topological polar surface area (TPSA) is 69.5 Å². The number of benzene rings is 1. The summed E-state index contributed by atoms with van der Waals surface area (Å²) in [5.74, 6) is 2.22. The van der Waals surface area contributed by atoms with Crippen LogP contribution in [0.2, 0.25) is 0 Å². The number of aromatic nitrogens is 3. The Balaban J connectivity index is 1.22. The molecule has 130 valence electrons. The molecule has 3 heterocycles. The standard InChI is InChI=1S/C18H20N4O3/c23-18(8-12-1-4-16-17(7-12)25-11-24-16)21-6-5-14(9-21)22-10-15(19-20-22)13-2-3-13/h1,4,7,10,13-14H,2-3,5-6,8-9,11H2/t14-/m0/s1. The maximum Gasteiger partial charge on any atom is 0.231 e. The molecule has 1 saturated carbocycles. The number of carbonyl (C=O) groups excluding carboxylic acids is 1. The molecule has 0 spiro atoms. The van der Waals surface area contributed by atoms with Crippen LogP contribution in [0, 0.1) is 0 Å². The Hall–Kier alpha value is -2.57. The minimum atomic E-state index is 0.142. The first-order chi connectivity index (χ1) is 12.3. The zero-order valence-electron chi connectivity index (χ0n) is 13.9. The van der Waals surface area contributed by atoms with E-state index in [1.165, 1.54) is 12.8 Å². The second kappa shape index (κ2) is 5.75. The highest BCUT2D eigenvalue weighted by molar-refractivity contribution is 5.79. The number of nitrogens with zero attached hydrogens (tertiary/aromatic N) is 4. The third kappa shape index (κ3) is 2.83. The van der Waals surface area contributed by atoms with Crippen molar-refractivity contribution in [1.29, 1.82) is 0 Å². The number of fused-ring (bicyclic) bond motifs is 1. The second-order valence-corrected chi connectivity index (χ2v) is 7.04. The van der Waals surface area contributed by atoms with Gasteiger partial charge in [0, 0.05) is 25.2 Å². The van der Waals surface area contributed by atoms with E-state index in [0.29, 0.717) is 18.9 Å². The predicted octanol–water partition coefficient (Wildman–Crippen LogP) is 1.90. The van der Waals surface area contributed by atoms with Crippen LogP contribution in [0.15, 0.2) is 24.4 Å². The summed E-state index contributed by atoms with van der Waals surface area (Å²) in [5.41, 5.74) is 2.06. The van der Waals surface area contributed by atoms with E-state index in [2.05, 4.69) is 16.5 Å². The number of hydrogen-bond acceptors (Lipinski definition) is 5. The molecule has 5 rings (SSSR count). The molecule has 1 aromatic heterocycles. The number of hydrogen-bond donors (Lipinski definition) is 0. The first-order valence-corrected chi connectivity index (χ1v) is 8.84. The molecule has 1 aliphatic carbocycles. The molecule has 7 nitrogen and oxygen atoms in total. The van der Waals surface area contributed by atoms with Crippen LogP contribution in [0.25, 0.3) is 0 Å². The van der Waals surface area contributed by atoms with E-state index < -0.39 is 0 Å². The summed E-state index contributed by atoms with van der Waals surface area (Å²) >= 11 is 0. The van der Waals surface area contributed by atoms with E-state index >= 15 is 0 Å². The van der Waals surface area contributed by atoms with Gasteiger partial charge in [-0.05, 0) is 37.0 Å². The molecule has 1 saturated heterocycles. The molecule has 7 heteroatoms. The van der Waals surface area contributed by atoms with E-state index in [4.69, 9.17) is 9.47 Å². The van der Waals surface area contributed by atoms with Crippen LogP contribution in [-0.4, -0.2) is 45.7 Å². The fourth-order valence-corrected chi connectivity index (χ4v) is 3.56. The van der Waals surface area contributed by atoms with Gasteiger partial charge in [-0.25, -0.2) is 4.68 Å². The van der Waals surface area contributed by atoms with Gasteiger partial charge in [0.05, 0.1) is 18.2 Å². The van der Waals surface area contributed by atoms with Crippen molar-refractivity contribution >= 4 is 5.91 Å². The highest BCUT2D eigenvalue weighted by Crippen LogP contribution is 2.39. The lowest BCUT2D eigenvalue weighted by Gasteiger charge is -2.16. The first-order valence-electron chi connectivity index (χ1n) is 8.84. The Morgan fingerprint density at radius 2 is 2.08 bits per heavy atom. The van der Waals surface area contributed by atoms with Crippen LogP contribution < -0.4 is 9.47 Å². The normalized spacial score (nSPS) is 21.8. The van der Waals surface area contributed by atoms with Gasteiger partial charge in [-0.3, -0.25) is 4.79 Å². The average molecular weight is 340 g/mol. The first kappa shape index (κ1) is 14.7. The summed E-state index contributed by atoms with van der Waals surface area (Å²) in [6.45, 7) is 1.73. The molecule has 0 radical (unpaired) electrons. The van der Waals surface area contributed by atoms with E-state index in [1.54, 1.807) is 0 Å². The highest BCUT2D eigenvalue weighted by atomic mass is 16.7. The zero-order chi connectivity index (χ0) is 16.8. The summed E-state index contributed by atoms with van der Waals surface area (Å²) < 4.78 is 12.6. The van der Waals surface area contributed by atoms with Crippen LogP contribution in [0.3, 0.4) is 0 Å². The lowest BCUT2D eigenvalue weighted by molar-refractivity contribution is -0.129. The van der Waals surface area contributed by atoms with Crippen molar-refractivity contribution in [3.63, 3.8) is 0 Å². The van der Waals surface area contributed by atoms with Crippen LogP contribution in [-0.2, 0) is 11.2 Å². The molecule has 1 atom stereocenters. The van der Waals surface area contributed by atoms with E-state index in [9.17, 15) is 4.79 Å². The van der Waals surface area contributed by atoms with Crippen molar-refractivity contribution in [3.8, 4) is 11.5 Å². The van der Waals surface area contributed by atoms with Crippen molar-refractivity contribution in [3.05, 3.63) is 35.7 Å². The molecule has 0 N–H and O–H groups in total. The summed E-state index contributed by atoms with van der Waals surface area (Å²) in [6, 6.07) is 5.93. The maximum atomic E-state index is 12.6. The summed E-state index contributed by atoms with van der Waals surface area (Å²) in [7, 11) is 0. The Bertz CT molecular complexity index is 814. The van der Waals surface area contributed by atoms with Crippen molar-refractivity contribution in [1.82, 2.24) is 19.9 Å². The molecular weight excluding hydrogens is 320 g/mol. The zero-order valence-corrected chi connectivity index (χ0v) is 13.9. The van der Waals surface area contributed by atoms with Gasteiger partial charge in [0.2, 0.25) is 12.7 Å². The second-order valence-electron chi connectivity index (χ2n) is 7.04. The fraction of sp³-hybridized carbons (Fsp3) is 0.500. The Morgan fingerprint density at radius 3 is 2.96 bits per heavy atom. The molecule has 2 aliphatic heterocycles. The van der Waals surface area contributed by atoms with Gasteiger partial charge in [-0.1, -0.05) is 11.3 Å². The van der Waals surface area contributed by atoms with Gasteiger partial charge in [0.1, 0.15) is 0 Å². The van der Waals surface area contributed by atoms with Gasteiger partial charge < -0.3 is 14.4 Å². The van der Waals surface area contributed by atoms with Crippen molar-refractivity contribution in [2.75, 3.05) is 19.9 Å². The van der Waals surface area contributed by atoms with E-state index in [0.717, 1.165) is 35.7 Å². The minimum Gasteiger partial charge on any atom is -0.454 e. The number of likely N-dealkylation sites (tertiary alicyclic amines) is 1. The van der Waals surface area contributed by atoms with Gasteiger partial charge >= 0.3 is 0 Å². The Kier molecular flexibility index (Phi) is 3.39. The van der Waals surface area contributed by atoms with Gasteiger partial charge in [0.25, 0.3) is 0 Å². The largest absolute Gasteiger partial charge is 0.454 e. The lowest BCUT2D eigenvalue weighted by atomic mass is 10.1. The maximum absolute atomic E-state index is 12.6. The predicted molar refractivity (Wildman–Crippen MR) is 88.5 cm³/mol. The van der Waals surface area contributed by atoms with Gasteiger partial charge in [0.15, 0.2) is 11.5 Å². The number of carbonyl (C=O) groups is 1. The monoisotopic (exact) mass is 340 g/mol. The molecule has 2 aromatic rings. The SMILES string of the molecule is O=C(Cc1ccc2c(c1)OCO2)N1CC[C@H](n2cc(C3CC3)nn2)C1. The average Bonchev–Trinajstić information content (AvgIpc) is 3.07. The van der Waals surface area contributed by atoms with Crippen molar-refractivity contribution < 1.29 is 14.3 Å². The molecule has 0 unspecified atom stereocenters. The molecule has 1 amide bonds. The molecule has 25 heavy (non-hydrogen) atoms. The van der Waals surface area contributed by atoms with E-state index in [1.807, 2.05) is 27.8 Å². The van der Waals surface area contributed by atoms with Crippen molar-refractivity contribution in [2.45, 2.75) is 37.6 Å². The number of rotatable bonds is 4. The molecule has 3 aliphatic rings. The Morgan fingerprint density at radius 1 is 1.20 bits per heavy atom. The van der Waals surface area contributed by atoms with Crippen LogP contribution >= 0.6 is 0 Å². The van der Waals surface area contributed by atoms with Crippen molar-refractivity contribution in [2.24, 2.45) is 0 Å². The molecule has 0 bridgehead atoms. The smallest absolute Gasteiger partial charge is 0.231 e. The summed E-state index contributed by atoms with van der Waals surface area (Å²) in [5, 5.41) is 8.55. The van der Waals surface area contributed by atoms with E-state index in [-0.39, 0.29) is 18.7 Å². The van der Waals surface area contributed by atoms with Gasteiger partial charge in [-0.15, -0.1) is 5.10 Å². The molecular formula is C18H20N4O3. The van der Waals surface area contributed by atoms with Gasteiger partial charge in [-0.2, -0.15) is 0 Å². The lowest BCUT2D eigenvalue weighted by Crippen LogP contribution is -2.30. The number of amides is 1. The third-order valence-electron chi connectivity index (χ3n) is 5.21. The highest BCUT2D eigenvalue weighted by Gasteiger charge is 2.31. The molecule has 2 fully saturated rings. The summed E-state index contributed by atoms with van der Waals surface area (Å²) in [6.07, 6.45) is 5.83. The minimum absolute atomic E-state index is 0.142. The Labute approximate surface area is 145 Å². The quantitative estimate of drug-likeness (QED) is 0.850. The van der Waals surface area contributed by atoms with Crippen LogP contribution in [0.5, 0.6) is 11.5 Å². The summed E-state index contributed by atoms with van der Waals surface area (Å²) in [4.78, 5) is 14.5.